The Morgan fingerprint density at radius 1 is 1.17 bits per heavy atom. The predicted molar refractivity (Wildman–Crippen MR) is 95.8 cm³/mol. The van der Waals surface area contributed by atoms with Crippen LogP contribution in [0, 0.1) is 5.41 Å². The van der Waals surface area contributed by atoms with Gasteiger partial charge in [0.05, 0.1) is 13.7 Å². The van der Waals surface area contributed by atoms with Crippen LogP contribution in [0.2, 0.25) is 0 Å². The molecule has 0 aliphatic heterocycles. The quantitative estimate of drug-likeness (QED) is 0.257. The van der Waals surface area contributed by atoms with Gasteiger partial charge in [-0.3, -0.25) is 10.2 Å². The normalized spacial score (nSPS) is 10.2. The van der Waals surface area contributed by atoms with Gasteiger partial charge in [0.15, 0.2) is 0 Å². The van der Waals surface area contributed by atoms with E-state index < -0.39 is 0 Å². The monoisotopic (exact) mass is 326 g/mol. The molecule has 0 bridgehead atoms. The van der Waals surface area contributed by atoms with Gasteiger partial charge in [0.2, 0.25) is 0 Å². The lowest BCUT2D eigenvalue weighted by atomic mass is 10.1. The third-order valence-corrected chi connectivity index (χ3v) is 3.50. The van der Waals surface area contributed by atoms with Crippen molar-refractivity contribution in [1.29, 1.82) is 5.41 Å². The minimum absolute atomic E-state index is 0.0495. The number of nitrogens with two attached hydrogens (primary N) is 1. The Balaban J connectivity index is 1.87. The van der Waals surface area contributed by atoms with Crippen LogP contribution < -0.4 is 16.4 Å². The average molecular weight is 326 g/mol. The molecule has 0 radical (unpaired) electrons. The number of methoxy groups -OCH3 is 1. The first-order valence-corrected chi connectivity index (χ1v) is 7.66. The first-order valence-electron chi connectivity index (χ1n) is 7.66. The van der Waals surface area contributed by atoms with Gasteiger partial charge in [0.1, 0.15) is 5.84 Å². The van der Waals surface area contributed by atoms with E-state index in [4.69, 9.17) is 11.1 Å². The van der Waals surface area contributed by atoms with Crippen LogP contribution in [0.4, 0.5) is 11.4 Å². The van der Waals surface area contributed by atoms with E-state index in [1.807, 2.05) is 42.5 Å². The second-order valence-electron chi connectivity index (χ2n) is 5.32. The summed E-state index contributed by atoms with van der Waals surface area (Å²) < 4.78 is 4.57. The summed E-state index contributed by atoms with van der Waals surface area (Å²) in [7, 11) is 1.38. The number of carbonyl (C=O) groups is 1. The molecule has 24 heavy (non-hydrogen) atoms. The van der Waals surface area contributed by atoms with Crippen LogP contribution in [0.5, 0.6) is 0 Å². The zero-order valence-corrected chi connectivity index (χ0v) is 13.6. The summed E-state index contributed by atoms with van der Waals surface area (Å²) in [5.41, 5.74) is 9.21. The van der Waals surface area contributed by atoms with E-state index in [-0.39, 0.29) is 18.3 Å². The van der Waals surface area contributed by atoms with Crippen molar-refractivity contribution < 1.29 is 9.53 Å². The minimum atomic E-state index is -0.262. The van der Waals surface area contributed by atoms with E-state index >= 15 is 0 Å². The molecule has 0 aromatic heterocycles. The van der Waals surface area contributed by atoms with Gasteiger partial charge in [-0.05, 0) is 42.8 Å². The van der Waals surface area contributed by atoms with Crippen LogP contribution in [0.25, 0.3) is 0 Å². The lowest BCUT2D eigenvalue weighted by Gasteiger charge is -2.09. The highest BCUT2D eigenvalue weighted by Crippen LogP contribution is 2.18. The molecule has 2 aromatic rings. The molecule has 0 aliphatic rings. The van der Waals surface area contributed by atoms with Crippen molar-refractivity contribution >= 4 is 23.2 Å². The van der Waals surface area contributed by atoms with Crippen LogP contribution in [0.1, 0.15) is 11.1 Å². The number of carbonyl (C=O) groups excluding carboxylic acids is 1. The Morgan fingerprint density at radius 2 is 1.92 bits per heavy atom. The molecule has 0 heterocycles. The largest absolute Gasteiger partial charge is 0.468 e. The molecule has 2 aromatic carbocycles. The molecule has 126 valence electrons. The highest BCUT2D eigenvalue weighted by atomic mass is 16.5. The van der Waals surface area contributed by atoms with Crippen LogP contribution >= 0.6 is 0 Å². The highest BCUT2D eigenvalue weighted by Gasteiger charge is 2.01. The Kier molecular flexibility index (Phi) is 6.33. The van der Waals surface area contributed by atoms with Gasteiger partial charge >= 0.3 is 5.97 Å². The lowest BCUT2D eigenvalue weighted by Crippen LogP contribution is -2.25. The number of benzene rings is 2. The Morgan fingerprint density at radius 3 is 2.58 bits per heavy atom. The van der Waals surface area contributed by atoms with Crippen molar-refractivity contribution in [2.75, 3.05) is 25.5 Å². The number of esters is 1. The highest BCUT2D eigenvalue weighted by molar-refractivity contribution is 5.95. The number of amidine groups is 1. The summed E-state index contributed by atoms with van der Waals surface area (Å²) in [6.45, 7) is 0.936. The van der Waals surface area contributed by atoms with Crippen LogP contribution in [0.15, 0.2) is 48.5 Å². The van der Waals surface area contributed by atoms with Crippen molar-refractivity contribution in [3.63, 3.8) is 0 Å². The average Bonchev–Trinajstić information content (AvgIpc) is 2.60. The Labute approximate surface area is 141 Å². The molecule has 2 rings (SSSR count). The summed E-state index contributed by atoms with van der Waals surface area (Å²) in [5, 5.41) is 13.8. The Hall–Kier alpha value is -2.86. The number of nitrogens with one attached hydrogen (secondary N) is 3. The maximum atomic E-state index is 11.0. The summed E-state index contributed by atoms with van der Waals surface area (Å²) in [5.74, 6) is -0.212. The molecule has 5 N–H and O–H groups in total. The zero-order chi connectivity index (χ0) is 17.4. The summed E-state index contributed by atoms with van der Waals surface area (Å²) in [6.07, 6.45) is 0.830. The van der Waals surface area contributed by atoms with Gasteiger partial charge in [-0.25, -0.2) is 0 Å². The molecule has 0 spiro atoms. The molecular weight excluding hydrogens is 304 g/mol. The number of hydrogen-bond donors (Lipinski definition) is 4. The zero-order valence-electron chi connectivity index (χ0n) is 13.6. The molecule has 0 amide bonds. The van der Waals surface area contributed by atoms with Crippen LogP contribution in [0.3, 0.4) is 0 Å². The van der Waals surface area contributed by atoms with Gasteiger partial charge in [0.25, 0.3) is 0 Å². The van der Waals surface area contributed by atoms with E-state index in [2.05, 4.69) is 15.4 Å². The number of rotatable bonds is 8. The van der Waals surface area contributed by atoms with Crippen molar-refractivity contribution in [3.8, 4) is 0 Å². The van der Waals surface area contributed by atoms with E-state index in [1.54, 1.807) is 6.07 Å². The molecule has 0 fully saturated rings. The first-order chi connectivity index (χ1) is 11.6. The second kappa shape index (κ2) is 8.69. The minimum Gasteiger partial charge on any atom is -0.468 e. The van der Waals surface area contributed by atoms with Crippen LogP contribution in [-0.2, 0) is 16.0 Å². The van der Waals surface area contributed by atoms with Gasteiger partial charge in [-0.1, -0.05) is 24.3 Å². The van der Waals surface area contributed by atoms with Gasteiger partial charge in [-0.2, -0.15) is 0 Å². The van der Waals surface area contributed by atoms with Gasteiger partial charge in [0, 0.05) is 16.9 Å². The number of nitrogen functional groups attached to an aromatic ring is 1. The van der Waals surface area contributed by atoms with Crippen molar-refractivity contribution in [2.45, 2.75) is 6.42 Å². The predicted octanol–water partition coefficient (Wildman–Crippen LogP) is 2.02. The second-order valence-corrected chi connectivity index (χ2v) is 5.32. The fourth-order valence-corrected chi connectivity index (χ4v) is 2.18. The maximum Gasteiger partial charge on any atom is 0.319 e. The number of ether oxygens (including phenoxy) is 1. The van der Waals surface area contributed by atoms with E-state index in [1.165, 1.54) is 12.7 Å². The standard InChI is InChI=1S/C18H22N4O2/c1-24-17(23)12-21-10-9-13-5-7-15(8-6-13)22-16-4-2-3-14(11-16)18(19)20/h2-8,11,21-22H,9-10,12H2,1H3,(H3,19,20). The molecular formula is C18H22N4O2. The fourth-order valence-electron chi connectivity index (χ4n) is 2.18. The summed E-state index contributed by atoms with van der Waals surface area (Å²) in [4.78, 5) is 11.0. The molecule has 0 saturated heterocycles. The smallest absolute Gasteiger partial charge is 0.319 e. The first kappa shape index (κ1) is 17.5. The third-order valence-electron chi connectivity index (χ3n) is 3.50. The lowest BCUT2D eigenvalue weighted by molar-refractivity contribution is -0.139. The van der Waals surface area contributed by atoms with E-state index in [0.717, 1.165) is 17.8 Å². The molecule has 6 nitrogen and oxygen atoms in total. The van der Waals surface area contributed by atoms with E-state index in [9.17, 15) is 4.79 Å². The molecule has 0 unspecified atom stereocenters. The van der Waals surface area contributed by atoms with E-state index in [0.29, 0.717) is 12.1 Å². The molecule has 0 atom stereocenters. The SMILES string of the molecule is COC(=O)CNCCc1ccc(Nc2cccc(C(=N)N)c2)cc1. The van der Waals surface area contributed by atoms with Gasteiger partial charge in [-0.15, -0.1) is 0 Å². The van der Waals surface area contributed by atoms with Gasteiger partial charge < -0.3 is 21.1 Å². The molecule has 6 heteroatoms. The maximum absolute atomic E-state index is 11.0. The summed E-state index contributed by atoms with van der Waals surface area (Å²) >= 11 is 0. The third kappa shape index (κ3) is 5.40. The molecule has 0 aliphatic carbocycles. The fraction of sp³-hybridized carbons (Fsp3) is 0.222. The van der Waals surface area contributed by atoms with Crippen molar-refractivity contribution in [2.24, 2.45) is 5.73 Å². The van der Waals surface area contributed by atoms with Crippen molar-refractivity contribution in [1.82, 2.24) is 5.32 Å². The number of hydrogen-bond acceptors (Lipinski definition) is 5. The Bertz CT molecular complexity index is 698. The summed E-state index contributed by atoms with van der Waals surface area (Å²) in [6, 6.07) is 15.5. The number of anilines is 2. The van der Waals surface area contributed by atoms with Crippen LogP contribution in [-0.4, -0.2) is 32.0 Å². The topological polar surface area (TPSA) is 100 Å². The van der Waals surface area contributed by atoms with Crippen molar-refractivity contribution in [3.05, 3.63) is 59.7 Å². The molecule has 0 saturated carbocycles.